The molecule has 1 amide bonds. The van der Waals surface area contributed by atoms with Gasteiger partial charge in [0.1, 0.15) is 0 Å². The number of hydrogen-bond acceptors (Lipinski definition) is 5. The number of pyridine rings is 1. The van der Waals surface area contributed by atoms with Gasteiger partial charge in [0.2, 0.25) is 11.8 Å². The Morgan fingerprint density at radius 3 is 2.67 bits per heavy atom. The molecule has 0 spiro atoms. The molecule has 0 radical (unpaired) electrons. The van der Waals surface area contributed by atoms with E-state index in [1.807, 2.05) is 48.5 Å². The Morgan fingerprint density at radius 1 is 1.06 bits per heavy atom. The van der Waals surface area contributed by atoms with Crippen molar-refractivity contribution in [2.75, 3.05) is 26.2 Å². The molecular weight excluding hydrogens is 450 g/mol. The molecule has 0 atom stereocenters. The molecule has 1 aliphatic heterocycles. The van der Waals surface area contributed by atoms with E-state index in [2.05, 4.69) is 48.1 Å². The molecule has 0 fully saturated rings. The van der Waals surface area contributed by atoms with E-state index >= 15 is 0 Å². The van der Waals surface area contributed by atoms with Gasteiger partial charge in [-0.05, 0) is 67.5 Å². The number of aromatic nitrogens is 1. The van der Waals surface area contributed by atoms with Crippen LogP contribution in [-0.4, -0.2) is 42.0 Å². The number of nitrogens with zero attached hydrogens (tertiary/aromatic N) is 2. The predicted octanol–water partition coefficient (Wildman–Crippen LogP) is 5.54. The van der Waals surface area contributed by atoms with Crippen LogP contribution in [0.15, 0.2) is 66.9 Å². The first-order valence-electron chi connectivity index (χ1n) is 12.8. The highest BCUT2D eigenvalue weighted by Gasteiger charge is 2.23. The molecule has 3 aromatic rings. The van der Waals surface area contributed by atoms with Gasteiger partial charge in [-0.25, -0.2) is 4.98 Å². The maximum Gasteiger partial charge on any atom is 0.234 e. The van der Waals surface area contributed by atoms with Gasteiger partial charge in [-0.15, -0.1) is 0 Å². The van der Waals surface area contributed by atoms with E-state index in [1.54, 1.807) is 6.20 Å². The van der Waals surface area contributed by atoms with E-state index in [4.69, 9.17) is 9.47 Å². The number of fused-ring (bicyclic) bond motifs is 2. The molecule has 2 aromatic carbocycles. The van der Waals surface area contributed by atoms with Gasteiger partial charge in [0.15, 0.2) is 11.5 Å². The second-order valence-corrected chi connectivity index (χ2v) is 10.3. The van der Waals surface area contributed by atoms with Crippen LogP contribution in [0.1, 0.15) is 43.4 Å². The van der Waals surface area contributed by atoms with Crippen molar-refractivity contribution in [3.8, 4) is 17.4 Å². The summed E-state index contributed by atoms with van der Waals surface area (Å²) in [5, 5.41) is 3.11. The number of aryl methyl sites for hydroxylation is 1. The Hall–Kier alpha value is -3.38. The molecule has 1 aromatic heterocycles. The zero-order chi connectivity index (χ0) is 25.4. The van der Waals surface area contributed by atoms with E-state index in [9.17, 15) is 4.79 Å². The molecule has 1 N–H and O–H groups in total. The summed E-state index contributed by atoms with van der Waals surface area (Å²) in [5.74, 6) is 1.93. The molecule has 4 rings (SSSR count). The zero-order valence-electron chi connectivity index (χ0n) is 21.6. The number of ether oxygens (including phenoxy) is 2. The normalized spacial score (nSPS) is 16.1. The third-order valence-corrected chi connectivity index (χ3v) is 6.59. The second-order valence-electron chi connectivity index (χ2n) is 10.3. The number of carbonyl (C=O) groups excluding carboxylic acids is 1. The van der Waals surface area contributed by atoms with E-state index in [0.29, 0.717) is 43.6 Å². The summed E-state index contributed by atoms with van der Waals surface area (Å²) in [4.78, 5) is 19.6. The first-order valence-corrected chi connectivity index (χ1v) is 12.8. The number of para-hydroxylation sites is 2. The molecule has 0 unspecified atom stereocenters. The third kappa shape index (κ3) is 7.31. The minimum absolute atomic E-state index is 0.00621. The van der Waals surface area contributed by atoms with Crippen molar-refractivity contribution in [1.82, 2.24) is 15.2 Å². The fraction of sp³-hybridized carbons (Fsp3) is 0.400. The van der Waals surface area contributed by atoms with Gasteiger partial charge in [-0.2, -0.15) is 0 Å². The number of carbonyl (C=O) groups is 1. The highest BCUT2D eigenvalue weighted by molar-refractivity contribution is 5.78. The lowest BCUT2D eigenvalue weighted by Crippen LogP contribution is -2.38. The standard InChI is InChI=1S/C30H37N3O3/c1-23-10-4-5-11-24(23)15-18-31-28(34)21-33-19-9-16-30(2,3)22-35-26-13-6-7-14-27(26)36-29-25(20-33)12-8-17-32-29/h4-8,10-14,17H,9,15-16,18-22H2,1-3H3,(H,31,34). The van der Waals surface area contributed by atoms with Crippen molar-refractivity contribution in [2.45, 2.75) is 46.6 Å². The quantitative estimate of drug-likeness (QED) is 0.512. The minimum Gasteiger partial charge on any atom is -0.489 e. The molecule has 0 bridgehead atoms. The van der Waals surface area contributed by atoms with E-state index < -0.39 is 0 Å². The van der Waals surface area contributed by atoms with Crippen LogP contribution in [0.2, 0.25) is 0 Å². The molecule has 6 nitrogen and oxygen atoms in total. The summed E-state index contributed by atoms with van der Waals surface area (Å²) < 4.78 is 12.4. The maximum atomic E-state index is 12.9. The van der Waals surface area contributed by atoms with Gasteiger partial charge in [0.25, 0.3) is 0 Å². The maximum absolute atomic E-state index is 12.9. The van der Waals surface area contributed by atoms with Crippen LogP contribution in [0.4, 0.5) is 0 Å². The SMILES string of the molecule is Cc1ccccc1CCNC(=O)CN1CCCC(C)(C)COc2ccccc2Oc2ncccc2C1. The molecule has 1 aliphatic rings. The van der Waals surface area contributed by atoms with Gasteiger partial charge in [0.05, 0.1) is 13.2 Å². The second kappa shape index (κ2) is 12.0. The highest BCUT2D eigenvalue weighted by atomic mass is 16.5. The van der Waals surface area contributed by atoms with Crippen LogP contribution in [0.25, 0.3) is 0 Å². The van der Waals surface area contributed by atoms with Crippen LogP contribution in [-0.2, 0) is 17.8 Å². The molecule has 0 aliphatic carbocycles. The molecule has 0 saturated carbocycles. The molecule has 190 valence electrons. The number of benzene rings is 2. The summed E-state index contributed by atoms with van der Waals surface area (Å²) in [6.07, 6.45) is 4.50. The van der Waals surface area contributed by atoms with Gasteiger partial charge in [0, 0.05) is 24.8 Å². The Bertz CT molecular complexity index is 1160. The summed E-state index contributed by atoms with van der Waals surface area (Å²) in [6.45, 7) is 9.46. The Kier molecular flexibility index (Phi) is 8.60. The van der Waals surface area contributed by atoms with Gasteiger partial charge < -0.3 is 14.8 Å². The van der Waals surface area contributed by atoms with Gasteiger partial charge >= 0.3 is 0 Å². The van der Waals surface area contributed by atoms with Crippen LogP contribution in [0, 0.1) is 12.3 Å². The monoisotopic (exact) mass is 487 g/mol. The Morgan fingerprint density at radius 2 is 1.83 bits per heavy atom. The van der Waals surface area contributed by atoms with Crippen LogP contribution >= 0.6 is 0 Å². The van der Waals surface area contributed by atoms with Crippen LogP contribution < -0.4 is 14.8 Å². The number of rotatable bonds is 5. The summed E-state index contributed by atoms with van der Waals surface area (Å²) in [6, 6.07) is 19.9. The molecule has 36 heavy (non-hydrogen) atoms. The van der Waals surface area contributed by atoms with Crippen molar-refractivity contribution in [3.05, 3.63) is 83.6 Å². The van der Waals surface area contributed by atoms with Crippen LogP contribution in [0.5, 0.6) is 17.4 Å². The van der Waals surface area contributed by atoms with Crippen molar-refractivity contribution in [2.24, 2.45) is 5.41 Å². The lowest BCUT2D eigenvalue weighted by atomic mass is 9.88. The smallest absolute Gasteiger partial charge is 0.234 e. The third-order valence-electron chi connectivity index (χ3n) is 6.59. The largest absolute Gasteiger partial charge is 0.489 e. The van der Waals surface area contributed by atoms with E-state index in [0.717, 1.165) is 31.4 Å². The number of amides is 1. The Balaban J connectivity index is 1.47. The minimum atomic E-state index is -0.00621. The molecular formula is C30H37N3O3. The van der Waals surface area contributed by atoms with Crippen molar-refractivity contribution < 1.29 is 14.3 Å². The van der Waals surface area contributed by atoms with Gasteiger partial charge in [-0.3, -0.25) is 9.69 Å². The predicted molar refractivity (Wildman–Crippen MR) is 142 cm³/mol. The summed E-state index contributed by atoms with van der Waals surface area (Å²) in [5.41, 5.74) is 3.46. The number of nitrogens with one attached hydrogen (secondary N) is 1. The number of hydrogen-bond donors (Lipinski definition) is 1. The average molecular weight is 488 g/mol. The fourth-order valence-electron chi connectivity index (χ4n) is 4.46. The first-order chi connectivity index (χ1) is 17.4. The van der Waals surface area contributed by atoms with Crippen molar-refractivity contribution in [3.63, 3.8) is 0 Å². The lowest BCUT2D eigenvalue weighted by Gasteiger charge is -2.27. The van der Waals surface area contributed by atoms with Crippen LogP contribution in [0.3, 0.4) is 0 Å². The van der Waals surface area contributed by atoms with E-state index in [1.165, 1.54) is 11.1 Å². The molecule has 6 heteroatoms. The zero-order valence-corrected chi connectivity index (χ0v) is 21.6. The molecule has 0 saturated heterocycles. The average Bonchev–Trinajstić information content (AvgIpc) is 2.86. The topological polar surface area (TPSA) is 63.7 Å². The first kappa shape index (κ1) is 25.7. The molecule has 2 heterocycles. The fourth-order valence-corrected chi connectivity index (χ4v) is 4.46. The Labute approximate surface area is 214 Å². The summed E-state index contributed by atoms with van der Waals surface area (Å²) in [7, 11) is 0. The van der Waals surface area contributed by atoms with Gasteiger partial charge in [-0.1, -0.05) is 56.3 Å². The highest BCUT2D eigenvalue weighted by Crippen LogP contribution is 2.34. The lowest BCUT2D eigenvalue weighted by molar-refractivity contribution is -0.122. The summed E-state index contributed by atoms with van der Waals surface area (Å²) >= 11 is 0. The van der Waals surface area contributed by atoms with Crippen molar-refractivity contribution >= 4 is 5.91 Å². The van der Waals surface area contributed by atoms with Crippen molar-refractivity contribution in [1.29, 1.82) is 0 Å². The van der Waals surface area contributed by atoms with E-state index in [-0.39, 0.29) is 11.3 Å².